The molecule has 0 unspecified atom stereocenters. The highest BCUT2D eigenvalue weighted by atomic mass is 16.3. The van der Waals surface area contributed by atoms with Gasteiger partial charge in [0, 0.05) is 48.3 Å². The molecule has 1 aliphatic heterocycles. The molecular weight excluding hydrogens is 328 g/mol. The van der Waals surface area contributed by atoms with Crippen molar-refractivity contribution in [1.29, 1.82) is 0 Å². The van der Waals surface area contributed by atoms with Crippen LogP contribution in [0.2, 0.25) is 0 Å². The highest BCUT2D eigenvalue weighted by Gasteiger charge is 2.25. The van der Waals surface area contributed by atoms with E-state index in [4.69, 9.17) is 17.2 Å². The van der Waals surface area contributed by atoms with Gasteiger partial charge in [-0.2, -0.15) is 5.10 Å². The maximum Gasteiger partial charge on any atom is 0.127 e. The largest absolute Gasteiger partial charge is 0.507 e. The highest BCUT2D eigenvalue weighted by Crippen LogP contribution is 2.25. The first kappa shape index (κ1) is 17.9. The smallest absolute Gasteiger partial charge is 0.127 e. The number of rotatable bonds is 4. The molecule has 7 heteroatoms. The topological polar surface area (TPSA) is 119 Å². The number of nitrogens with zero attached hydrogens (tertiary/aromatic N) is 3. The summed E-state index contributed by atoms with van der Waals surface area (Å²) in [5.74, 6) is 0.742. The molecule has 0 bridgehead atoms. The van der Waals surface area contributed by atoms with Gasteiger partial charge in [-0.1, -0.05) is 0 Å². The molecule has 26 heavy (non-hydrogen) atoms. The lowest BCUT2D eigenvalue weighted by molar-refractivity contribution is 0.208. The molecule has 2 heterocycles. The first-order valence-electron chi connectivity index (χ1n) is 8.66. The maximum atomic E-state index is 10.3. The van der Waals surface area contributed by atoms with Crippen LogP contribution in [0.4, 0.5) is 0 Å². The summed E-state index contributed by atoms with van der Waals surface area (Å²) in [4.78, 5) is 2.10. The van der Waals surface area contributed by atoms with E-state index >= 15 is 0 Å². The summed E-state index contributed by atoms with van der Waals surface area (Å²) in [7, 11) is 0. The van der Waals surface area contributed by atoms with Crippen molar-refractivity contribution in [2.75, 3.05) is 13.1 Å². The molecule has 7 N–H and O–H groups in total. The van der Waals surface area contributed by atoms with E-state index in [9.17, 15) is 5.11 Å². The number of aromatic nitrogens is 2. The van der Waals surface area contributed by atoms with Gasteiger partial charge in [0.15, 0.2) is 0 Å². The third-order valence-electron chi connectivity index (χ3n) is 4.77. The van der Waals surface area contributed by atoms with Crippen LogP contribution in [0, 0.1) is 0 Å². The molecule has 1 saturated heterocycles. The van der Waals surface area contributed by atoms with Crippen LogP contribution in [-0.4, -0.2) is 38.4 Å². The summed E-state index contributed by atoms with van der Waals surface area (Å²) < 4.78 is 1.67. The molecule has 1 fully saturated rings. The Morgan fingerprint density at radius 2 is 1.96 bits per heavy atom. The third kappa shape index (κ3) is 4.00. The zero-order valence-electron chi connectivity index (χ0n) is 15.0. The lowest BCUT2D eigenvalue weighted by Crippen LogP contribution is -2.48. The number of allylic oxidation sites excluding steroid dienone is 2. The standard InChI is InChI=1S/C19H26N6O/c1-19(22)7-11-24(12-8-19)18(21)6-5-16(20)15-4-3-14(13-17(15)26)25-10-2-9-23-25/h2-6,9-10,13,26H,7-8,11-12,20-22H2,1H3/b16-5-,18-6+. The zero-order chi connectivity index (χ0) is 18.7. The number of benzene rings is 1. The first-order valence-corrected chi connectivity index (χ1v) is 8.66. The summed E-state index contributed by atoms with van der Waals surface area (Å²) >= 11 is 0. The summed E-state index contributed by atoms with van der Waals surface area (Å²) in [5.41, 5.74) is 20.1. The van der Waals surface area contributed by atoms with Gasteiger partial charge < -0.3 is 27.2 Å². The predicted octanol–water partition coefficient (Wildman–Crippen LogP) is 1.49. The molecule has 0 aliphatic carbocycles. The van der Waals surface area contributed by atoms with E-state index in [0.29, 0.717) is 17.1 Å². The van der Waals surface area contributed by atoms with E-state index < -0.39 is 0 Å². The molecular formula is C19H26N6O. The SMILES string of the molecule is CC1(N)CCN(/C(N)=C/C=C(\N)c2ccc(-n3cccn3)cc2O)CC1. The average molecular weight is 354 g/mol. The van der Waals surface area contributed by atoms with Crippen molar-refractivity contribution in [2.24, 2.45) is 17.2 Å². The van der Waals surface area contributed by atoms with Gasteiger partial charge in [-0.3, -0.25) is 0 Å². The summed E-state index contributed by atoms with van der Waals surface area (Å²) in [6.45, 7) is 3.72. The number of hydrogen-bond donors (Lipinski definition) is 4. The van der Waals surface area contributed by atoms with Crippen LogP contribution < -0.4 is 17.2 Å². The zero-order valence-corrected chi connectivity index (χ0v) is 15.0. The van der Waals surface area contributed by atoms with Crippen molar-refractivity contribution in [3.63, 3.8) is 0 Å². The molecule has 3 rings (SSSR count). The van der Waals surface area contributed by atoms with Gasteiger partial charge in [0.2, 0.25) is 0 Å². The molecule has 0 amide bonds. The number of phenols is 1. The normalized spacial score (nSPS) is 18.2. The van der Waals surface area contributed by atoms with E-state index in [1.807, 2.05) is 18.3 Å². The Kier molecular flexibility index (Phi) is 4.90. The molecule has 0 saturated carbocycles. The van der Waals surface area contributed by atoms with Crippen LogP contribution in [0.15, 0.2) is 54.6 Å². The van der Waals surface area contributed by atoms with Crippen molar-refractivity contribution < 1.29 is 5.11 Å². The molecule has 1 aromatic carbocycles. The monoisotopic (exact) mass is 354 g/mol. The quantitative estimate of drug-likeness (QED) is 0.618. The molecule has 7 nitrogen and oxygen atoms in total. The molecule has 0 atom stereocenters. The Balaban J connectivity index is 1.73. The Bertz CT molecular complexity index is 813. The van der Waals surface area contributed by atoms with Crippen molar-refractivity contribution >= 4 is 5.70 Å². The maximum absolute atomic E-state index is 10.3. The minimum Gasteiger partial charge on any atom is -0.507 e. The van der Waals surface area contributed by atoms with Gasteiger partial charge >= 0.3 is 0 Å². The van der Waals surface area contributed by atoms with Crippen LogP contribution in [0.3, 0.4) is 0 Å². The van der Waals surface area contributed by atoms with Gasteiger partial charge in [0.1, 0.15) is 5.75 Å². The number of likely N-dealkylation sites (tertiary alicyclic amines) is 1. The lowest BCUT2D eigenvalue weighted by Gasteiger charge is -2.37. The van der Waals surface area contributed by atoms with Crippen molar-refractivity contribution in [1.82, 2.24) is 14.7 Å². The molecule has 0 radical (unpaired) electrons. The Hall–Kier alpha value is -2.93. The highest BCUT2D eigenvalue weighted by molar-refractivity contribution is 5.70. The van der Waals surface area contributed by atoms with Crippen LogP contribution in [0.5, 0.6) is 5.75 Å². The number of nitrogens with two attached hydrogens (primary N) is 3. The number of aromatic hydroxyl groups is 1. The second-order valence-corrected chi connectivity index (χ2v) is 7.01. The van der Waals surface area contributed by atoms with Gasteiger partial charge in [0.25, 0.3) is 0 Å². The Morgan fingerprint density at radius 1 is 1.23 bits per heavy atom. The van der Waals surface area contributed by atoms with Crippen LogP contribution >= 0.6 is 0 Å². The Labute approximate surface area is 153 Å². The second kappa shape index (κ2) is 7.13. The third-order valence-corrected chi connectivity index (χ3v) is 4.77. The lowest BCUT2D eigenvalue weighted by atomic mass is 9.91. The fourth-order valence-electron chi connectivity index (χ4n) is 2.97. The van der Waals surface area contributed by atoms with Crippen molar-refractivity contribution in [3.8, 4) is 11.4 Å². The molecule has 138 valence electrons. The Morgan fingerprint density at radius 3 is 2.58 bits per heavy atom. The van der Waals surface area contributed by atoms with Gasteiger partial charge in [0.05, 0.1) is 11.5 Å². The van der Waals surface area contributed by atoms with Gasteiger partial charge in [-0.05, 0) is 50.1 Å². The van der Waals surface area contributed by atoms with Gasteiger partial charge in [-0.25, -0.2) is 4.68 Å². The number of piperidine rings is 1. The minimum atomic E-state index is -0.117. The minimum absolute atomic E-state index is 0.0931. The molecule has 2 aromatic rings. The van der Waals surface area contributed by atoms with E-state index in [2.05, 4.69) is 16.9 Å². The first-order chi connectivity index (χ1) is 12.4. The molecule has 1 aliphatic rings. The van der Waals surface area contributed by atoms with Crippen molar-refractivity contribution in [3.05, 3.63) is 60.2 Å². The van der Waals surface area contributed by atoms with Crippen molar-refractivity contribution in [2.45, 2.75) is 25.3 Å². The molecule has 0 spiro atoms. The number of phenolic OH excluding ortho intramolecular Hbond substituents is 1. The number of hydrogen-bond acceptors (Lipinski definition) is 6. The van der Waals surface area contributed by atoms with E-state index in [1.165, 1.54) is 0 Å². The van der Waals surface area contributed by atoms with Crippen LogP contribution in [-0.2, 0) is 0 Å². The molecule has 1 aromatic heterocycles. The van der Waals surface area contributed by atoms with E-state index in [0.717, 1.165) is 31.6 Å². The fraction of sp³-hybridized carbons (Fsp3) is 0.316. The fourth-order valence-corrected chi connectivity index (χ4v) is 2.97. The summed E-state index contributed by atoms with van der Waals surface area (Å²) in [5, 5.41) is 14.4. The van der Waals surface area contributed by atoms with Crippen LogP contribution in [0.25, 0.3) is 11.4 Å². The van der Waals surface area contributed by atoms with E-state index in [-0.39, 0.29) is 11.3 Å². The van der Waals surface area contributed by atoms with Gasteiger partial charge in [-0.15, -0.1) is 0 Å². The second-order valence-electron chi connectivity index (χ2n) is 7.01. The predicted molar refractivity (Wildman–Crippen MR) is 103 cm³/mol. The summed E-state index contributed by atoms with van der Waals surface area (Å²) in [6, 6.07) is 7.06. The average Bonchev–Trinajstić information content (AvgIpc) is 3.14. The van der Waals surface area contributed by atoms with E-state index in [1.54, 1.807) is 35.2 Å². The summed E-state index contributed by atoms with van der Waals surface area (Å²) in [6.07, 6.45) is 8.78. The van der Waals surface area contributed by atoms with Crippen LogP contribution in [0.1, 0.15) is 25.3 Å².